The average molecular weight is 300 g/mol. The average Bonchev–Trinajstić information content (AvgIpc) is 2.65. The monoisotopic (exact) mass is 300 g/mol. The first-order valence-electron chi connectivity index (χ1n) is 6.87. The molecule has 1 aliphatic rings. The molecule has 21 heavy (non-hydrogen) atoms. The Morgan fingerprint density at radius 1 is 1.10 bits per heavy atom. The van der Waals surface area contributed by atoms with E-state index in [1.54, 1.807) is 0 Å². The molecule has 4 heteroatoms. The smallest absolute Gasteiger partial charge is 0.309 e. The Bertz CT molecular complexity index is 722. The van der Waals surface area contributed by atoms with E-state index in [4.69, 9.17) is 4.74 Å². The van der Waals surface area contributed by atoms with Crippen molar-refractivity contribution in [3.8, 4) is 0 Å². The fraction of sp³-hybridized carbons (Fsp3) is 0.235. The van der Waals surface area contributed by atoms with Crippen molar-refractivity contribution in [3.63, 3.8) is 0 Å². The number of carbonyl (C=O) groups excluding carboxylic acids is 1. The van der Waals surface area contributed by atoms with Gasteiger partial charge in [0.05, 0.1) is 24.3 Å². The maximum atomic E-state index is 12.7. The Kier molecular flexibility index (Phi) is 3.88. The van der Waals surface area contributed by atoms with Gasteiger partial charge >= 0.3 is 5.97 Å². The van der Waals surface area contributed by atoms with Gasteiger partial charge in [-0.3, -0.25) is 4.79 Å². The third kappa shape index (κ3) is 2.76. The number of aryl methyl sites for hydroxylation is 2. The Labute approximate surface area is 126 Å². The third-order valence-electron chi connectivity index (χ3n) is 3.74. The van der Waals surface area contributed by atoms with Crippen LogP contribution in [0.15, 0.2) is 52.3 Å². The van der Waals surface area contributed by atoms with Crippen LogP contribution in [0.25, 0.3) is 0 Å². The molecule has 0 N–H and O–H groups in total. The zero-order chi connectivity index (χ0) is 14.8. The van der Waals surface area contributed by atoms with E-state index in [-0.39, 0.29) is 12.4 Å². The molecular weight excluding hydrogens is 284 g/mol. The standard InChI is InChI=1S/C17H16O3S/c1-20-17(18)11-12-6-9-16-14(10-12)8-7-13-4-2-3-5-15(13)21(16)19/h2-6,9-10H,7-8,11H2,1H3/t21-/m1/s1. The second kappa shape index (κ2) is 5.82. The van der Waals surface area contributed by atoms with Gasteiger partial charge in [-0.05, 0) is 41.7 Å². The lowest BCUT2D eigenvalue weighted by Gasteiger charge is -2.08. The normalized spacial score (nSPS) is 16.5. The number of hydrogen-bond acceptors (Lipinski definition) is 3. The highest BCUT2D eigenvalue weighted by molar-refractivity contribution is 7.85. The maximum Gasteiger partial charge on any atom is 0.309 e. The van der Waals surface area contributed by atoms with E-state index >= 15 is 0 Å². The first kappa shape index (κ1) is 14.0. The van der Waals surface area contributed by atoms with Gasteiger partial charge in [-0.1, -0.05) is 30.3 Å². The molecule has 0 bridgehead atoms. The molecule has 0 radical (unpaired) electrons. The number of carbonyl (C=O) groups is 1. The Balaban J connectivity index is 1.99. The summed E-state index contributed by atoms with van der Waals surface area (Å²) in [5.41, 5.74) is 3.11. The number of rotatable bonds is 2. The van der Waals surface area contributed by atoms with Crippen LogP contribution in [0.3, 0.4) is 0 Å². The Morgan fingerprint density at radius 2 is 1.81 bits per heavy atom. The van der Waals surface area contributed by atoms with Gasteiger partial charge < -0.3 is 4.74 Å². The maximum absolute atomic E-state index is 12.7. The van der Waals surface area contributed by atoms with Crippen molar-refractivity contribution in [1.82, 2.24) is 0 Å². The SMILES string of the molecule is COC(=O)Cc1ccc2c(c1)CCc1ccccc1[S@]2=O. The number of hydrogen-bond donors (Lipinski definition) is 0. The first-order chi connectivity index (χ1) is 10.2. The highest BCUT2D eigenvalue weighted by Crippen LogP contribution is 2.29. The van der Waals surface area contributed by atoms with Gasteiger partial charge in [-0.15, -0.1) is 0 Å². The summed E-state index contributed by atoms with van der Waals surface area (Å²) in [6, 6.07) is 13.6. The molecule has 2 aromatic carbocycles. The fourth-order valence-electron chi connectivity index (χ4n) is 2.64. The number of benzene rings is 2. The van der Waals surface area contributed by atoms with E-state index in [1.165, 1.54) is 7.11 Å². The van der Waals surface area contributed by atoms with Crippen LogP contribution in [0.5, 0.6) is 0 Å². The molecule has 0 amide bonds. The third-order valence-corrected chi connectivity index (χ3v) is 5.33. The molecule has 0 fully saturated rings. The van der Waals surface area contributed by atoms with Crippen molar-refractivity contribution in [2.24, 2.45) is 0 Å². The summed E-state index contributed by atoms with van der Waals surface area (Å²) in [4.78, 5) is 13.1. The number of ether oxygens (including phenoxy) is 1. The number of fused-ring (bicyclic) bond motifs is 2. The summed E-state index contributed by atoms with van der Waals surface area (Å²) in [6.07, 6.45) is 1.97. The molecule has 0 unspecified atom stereocenters. The lowest BCUT2D eigenvalue weighted by molar-refractivity contribution is -0.139. The number of esters is 1. The molecule has 3 nitrogen and oxygen atoms in total. The van der Waals surface area contributed by atoms with Gasteiger partial charge in [0.15, 0.2) is 0 Å². The molecule has 1 aliphatic heterocycles. The van der Waals surface area contributed by atoms with Crippen LogP contribution in [0, 0.1) is 0 Å². The van der Waals surface area contributed by atoms with Gasteiger partial charge in [-0.2, -0.15) is 0 Å². The predicted octanol–water partition coefficient (Wildman–Crippen LogP) is 2.67. The van der Waals surface area contributed by atoms with Crippen LogP contribution >= 0.6 is 0 Å². The summed E-state index contributed by atoms with van der Waals surface area (Å²) in [5.74, 6) is -0.256. The van der Waals surface area contributed by atoms with E-state index in [0.29, 0.717) is 0 Å². The minimum atomic E-state index is -1.15. The van der Waals surface area contributed by atoms with E-state index in [1.807, 2.05) is 42.5 Å². The van der Waals surface area contributed by atoms with Crippen molar-refractivity contribution in [3.05, 3.63) is 59.2 Å². The van der Waals surface area contributed by atoms with Crippen LogP contribution in [0.4, 0.5) is 0 Å². The quantitative estimate of drug-likeness (QED) is 0.801. The minimum absolute atomic E-state index is 0.253. The summed E-state index contributed by atoms with van der Waals surface area (Å²) >= 11 is 0. The largest absolute Gasteiger partial charge is 0.469 e. The Hall–Kier alpha value is -1.94. The molecule has 2 aromatic rings. The topological polar surface area (TPSA) is 43.4 Å². The van der Waals surface area contributed by atoms with Gasteiger partial charge in [0, 0.05) is 9.79 Å². The molecule has 0 saturated heterocycles. The predicted molar refractivity (Wildman–Crippen MR) is 80.7 cm³/mol. The molecule has 0 aliphatic carbocycles. The molecule has 1 heterocycles. The van der Waals surface area contributed by atoms with Crippen LogP contribution in [-0.4, -0.2) is 17.3 Å². The summed E-state index contributed by atoms with van der Waals surface area (Å²) in [7, 11) is 0.240. The van der Waals surface area contributed by atoms with Crippen molar-refractivity contribution in [1.29, 1.82) is 0 Å². The molecule has 108 valence electrons. The van der Waals surface area contributed by atoms with Crippen LogP contribution in [-0.2, 0) is 39.6 Å². The van der Waals surface area contributed by atoms with Gasteiger partial charge in [0.25, 0.3) is 0 Å². The van der Waals surface area contributed by atoms with Crippen molar-refractivity contribution in [2.75, 3.05) is 7.11 Å². The molecular formula is C17H16O3S. The molecule has 0 saturated carbocycles. The highest BCUT2D eigenvalue weighted by Gasteiger charge is 2.20. The first-order valence-corrected chi connectivity index (χ1v) is 8.02. The van der Waals surface area contributed by atoms with E-state index in [0.717, 1.165) is 39.3 Å². The van der Waals surface area contributed by atoms with Crippen LogP contribution < -0.4 is 0 Å². The zero-order valence-corrected chi connectivity index (χ0v) is 12.6. The van der Waals surface area contributed by atoms with Gasteiger partial charge in [0.2, 0.25) is 0 Å². The second-order valence-electron chi connectivity index (χ2n) is 5.07. The van der Waals surface area contributed by atoms with E-state index in [9.17, 15) is 9.00 Å². The summed E-state index contributed by atoms with van der Waals surface area (Å²) < 4.78 is 17.4. The highest BCUT2D eigenvalue weighted by atomic mass is 32.2. The zero-order valence-electron chi connectivity index (χ0n) is 11.8. The summed E-state index contributed by atoms with van der Waals surface area (Å²) in [6.45, 7) is 0. The lowest BCUT2D eigenvalue weighted by atomic mass is 10.0. The molecule has 1 atom stereocenters. The second-order valence-corrected chi connectivity index (χ2v) is 6.49. The number of methoxy groups -OCH3 is 1. The van der Waals surface area contributed by atoms with Gasteiger partial charge in [0.1, 0.15) is 0 Å². The summed E-state index contributed by atoms with van der Waals surface area (Å²) in [5, 5.41) is 0. The Morgan fingerprint density at radius 3 is 2.62 bits per heavy atom. The molecule has 0 spiro atoms. The van der Waals surface area contributed by atoms with E-state index in [2.05, 4.69) is 0 Å². The van der Waals surface area contributed by atoms with Crippen LogP contribution in [0.2, 0.25) is 0 Å². The fourth-order valence-corrected chi connectivity index (χ4v) is 4.07. The minimum Gasteiger partial charge on any atom is -0.469 e. The van der Waals surface area contributed by atoms with Crippen molar-refractivity contribution in [2.45, 2.75) is 29.1 Å². The van der Waals surface area contributed by atoms with Crippen LogP contribution in [0.1, 0.15) is 16.7 Å². The van der Waals surface area contributed by atoms with Crippen molar-refractivity contribution >= 4 is 16.8 Å². The van der Waals surface area contributed by atoms with Crippen molar-refractivity contribution < 1.29 is 13.7 Å². The van der Waals surface area contributed by atoms with Gasteiger partial charge in [-0.25, -0.2) is 4.21 Å². The lowest BCUT2D eigenvalue weighted by Crippen LogP contribution is -2.05. The van der Waals surface area contributed by atoms with E-state index < -0.39 is 10.8 Å². The molecule has 0 aromatic heterocycles. The molecule has 3 rings (SSSR count).